The molecule has 2 heterocycles. The van der Waals surface area contributed by atoms with Gasteiger partial charge in [0.15, 0.2) is 12.1 Å². The lowest BCUT2D eigenvalue weighted by Crippen LogP contribution is -2.33. The summed E-state index contributed by atoms with van der Waals surface area (Å²) in [5.41, 5.74) is 5.09. The Hall–Kier alpha value is -1.66. The molecule has 0 aromatic carbocycles. The summed E-state index contributed by atoms with van der Waals surface area (Å²) < 4.78 is 5.39. The van der Waals surface area contributed by atoms with E-state index in [1.165, 1.54) is 0 Å². The van der Waals surface area contributed by atoms with Crippen LogP contribution in [0.5, 0.6) is 0 Å². The maximum Gasteiger partial charge on any atom is 0.291 e. The number of rotatable bonds is 3. The molecule has 1 fully saturated rings. The van der Waals surface area contributed by atoms with Gasteiger partial charge in [0.1, 0.15) is 5.69 Å². The average Bonchev–Trinajstić information content (AvgIpc) is 2.84. The van der Waals surface area contributed by atoms with Crippen LogP contribution < -0.4 is 5.48 Å². The highest BCUT2D eigenvalue weighted by Crippen LogP contribution is 2.26. The number of nitrogens with one attached hydrogen (secondary N) is 2. The van der Waals surface area contributed by atoms with Gasteiger partial charge in [-0.3, -0.25) is 9.59 Å². The Labute approximate surface area is 123 Å². The van der Waals surface area contributed by atoms with Crippen molar-refractivity contribution in [2.45, 2.75) is 51.7 Å². The molecule has 1 aromatic rings. The summed E-state index contributed by atoms with van der Waals surface area (Å²) in [6, 6.07) is 0. The van der Waals surface area contributed by atoms with Gasteiger partial charge in [-0.15, -0.1) is 0 Å². The molecule has 1 aliphatic carbocycles. The standard InChI is InChI=1S/C15H20N2O4/c1-9-13-10(5-4-6-11(13)18)16-14(9)15(19)17-21-12-7-2-3-8-20-12/h12,16H,2-8H2,1H3,(H,17,19)/t12-/m1/s1. The van der Waals surface area contributed by atoms with Gasteiger partial charge in [0.05, 0.1) is 0 Å². The van der Waals surface area contributed by atoms with E-state index in [0.29, 0.717) is 29.8 Å². The Morgan fingerprint density at radius 1 is 1.33 bits per heavy atom. The van der Waals surface area contributed by atoms with Crippen molar-refractivity contribution in [2.75, 3.05) is 6.61 Å². The fourth-order valence-corrected chi connectivity index (χ4v) is 2.98. The number of Topliss-reactive ketones (excluding diaryl/α,β-unsaturated/α-hetero) is 1. The molecule has 1 aliphatic heterocycles. The number of fused-ring (bicyclic) bond motifs is 1. The van der Waals surface area contributed by atoms with Gasteiger partial charge in [-0.1, -0.05) is 0 Å². The van der Waals surface area contributed by atoms with Crippen molar-refractivity contribution in [3.63, 3.8) is 0 Å². The number of amides is 1. The first-order valence-corrected chi connectivity index (χ1v) is 7.49. The molecule has 0 saturated carbocycles. The predicted octanol–water partition coefficient (Wildman–Crippen LogP) is 2.03. The topological polar surface area (TPSA) is 80.4 Å². The lowest BCUT2D eigenvalue weighted by molar-refractivity contribution is -0.186. The molecule has 0 spiro atoms. The molecule has 114 valence electrons. The number of carbonyl (C=O) groups is 2. The number of H-pyrrole nitrogens is 1. The van der Waals surface area contributed by atoms with Crippen molar-refractivity contribution < 1.29 is 19.2 Å². The molecule has 2 aliphatic rings. The van der Waals surface area contributed by atoms with E-state index in [9.17, 15) is 9.59 Å². The van der Waals surface area contributed by atoms with Crippen molar-refractivity contribution >= 4 is 11.7 Å². The van der Waals surface area contributed by atoms with Crippen LogP contribution in [0.25, 0.3) is 0 Å². The fourth-order valence-electron chi connectivity index (χ4n) is 2.98. The number of carbonyl (C=O) groups excluding carboxylic acids is 2. The number of aryl methyl sites for hydroxylation is 1. The quantitative estimate of drug-likeness (QED) is 0.835. The summed E-state index contributed by atoms with van der Waals surface area (Å²) in [4.78, 5) is 32.5. The second-order valence-corrected chi connectivity index (χ2v) is 5.60. The van der Waals surface area contributed by atoms with Crippen LogP contribution in [0.3, 0.4) is 0 Å². The van der Waals surface area contributed by atoms with E-state index in [1.54, 1.807) is 6.92 Å². The van der Waals surface area contributed by atoms with E-state index in [0.717, 1.165) is 37.8 Å². The van der Waals surface area contributed by atoms with E-state index < -0.39 is 0 Å². The number of aromatic nitrogens is 1. The van der Waals surface area contributed by atoms with Crippen LogP contribution in [-0.4, -0.2) is 29.6 Å². The lowest BCUT2D eigenvalue weighted by atomic mass is 9.94. The van der Waals surface area contributed by atoms with Crippen LogP contribution in [0.4, 0.5) is 0 Å². The number of hydrogen-bond acceptors (Lipinski definition) is 4. The minimum atomic E-state index is -0.380. The van der Waals surface area contributed by atoms with Gasteiger partial charge < -0.3 is 9.72 Å². The van der Waals surface area contributed by atoms with Crippen LogP contribution in [-0.2, 0) is 16.0 Å². The summed E-state index contributed by atoms with van der Waals surface area (Å²) >= 11 is 0. The summed E-state index contributed by atoms with van der Waals surface area (Å²) in [6.45, 7) is 2.45. The van der Waals surface area contributed by atoms with Crippen molar-refractivity contribution in [3.05, 3.63) is 22.5 Å². The van der Waals surface area contributed by atoms with E-state index in [-0.39, 0.29) is 18.0 Å². The van der Waals surface area contributed by atoms with E-state index in [1.807, 2.05) is 0 Å². The molecule has 6 heteroatoms. The monoisotopic (exact) mass is 292 g/mol. The summed E-state index contributed by atoms with van der Waals surface area (Å²) in [7, 11) is 0. The lowest BCUT2D eigenvalue weighted by Gasteiger charge is -2.22. The first kappa shape index (κ1) is 14.3. The predicted molar refractivity (Wildman–Crippen MR) is 74.9 cm³/mol. The molecular weight excluding hydrogens is 272 g/mol. The third-order valence-electron chi connectivity index (χ3n) is 4.09. The summed E-state index contributed by atoms with van der Waals surface area (Å²) in [5, 5.41) is 0. The van der Waals surface area contributed by atoms with Crippen molar-refractivity contribution in [1.29, 1.82) is 0 Å². The minimum Gasteiger partial charge on any atom is -0.353 e. The maximum absolute atomic E-state index is 12.2. The molecule has 1 atom stereocenters. The summed E-state index contributed by atoms with van der Waals surface area (Å²) in [5.74, 6) is -0.246. The highest BCUT2D eigenvalue weighted by Gasteiger charge is 2.27. The van der Waals surface area contributed by atoms with Crippen LogP contribution >= 0.6 is 0 Å². The Balaban J connectivity index is 1.68. The van der Waals surface area contributed by atoms with Gasteiger partial charge >= 0.3 is 0 Å². The zero-order valence-electron chi connectivity index (χ0n) is 12.2. The van der Waals surface area contributed by atoms with E-state index in [2.05, 4.69) is 10.5 Å². The number of ketones is 1. The normalized spacial score (nSPS) is 22.0. The van der Waals surface area contributed by atoms with Crippen molar-refractivity contribution in [3.8, 4) is 0 Å². The Morgan fingerprint density at radius 2 is 2.19 bits per heavy atom. The largest absolute Gasteiger partial charge is 0.353 e. The second kappa shape index (κ2) is 5.99. The SMILES string of the molecule is Cc1c(C(=O)NO[C@@H]2CCCCO2)[nH]c2c1C(=O)CCC2. The molecule has 6 nitrogen and oxygen atoms in total. The number of ether oxygens (including phenoxy) is 1. The van der Waals surface area contributed by atoms with Crippen LogP contribution in [0.1, 0.15) is 64.2 Å². The number of hydroxylamine groups is 1. The first-order valence-electron chi connectivity index (χ1n) is 7.49. The molecule has 0 bridgehead atoms. The van der Waals surface area contributed by atoms with Crippen LogP contribution in [0, 0.1) is 6.92 Å². The minimum absolute atomic E-state index is 0.112. The zero-order chi connectivity index (χ0) is 14.8. The molecule has 1 saturated heterocycles. The molecule has 1 amide bonds. The number of hydrogen-bond donors (Lipinski definition) is 2. The van der Waals surface area contributed by atoms with Crippen LogP contribution in [0.2, 0.25) is 0 Å². The third-order valence-corrected chi connectivity index (χ3v) is 4.09. The van der Waals surface area contributed by atoms with Gasteiger partial charge in [-0.2, -0.15) is 0 Å². The smallest absolute Gasteiger partial charge is 0.291 e. The van der Waals surface area contributed by atoms with Gasteiger partial charge in [0.25, 0.3) is 5.91 Å². The van der Waals surface area contributed by atoms with E-state index in [4.69, 9.17) is 9.57 Å². The first-order chi connectivity index (χ1) is 10.2. The average molecular weight is 292 g/mol. The van der Waals surface area contributed by atoms with Gasteiger partial charge in [0.2, 0.25) is 0 Å². The molecule has 0 unspecified atom stereocenters. The van der Waals surface area contributed by atoms with Gasteiger partial charge in [0, 0.05) is 30.7 Å². The maximum atomic E-state index is 12.2. The number of aromatic amines is 1. The summed E-state index contributed by atoms with van der Waals surface area (Å²) in [6.07, 6.45) is 4.65. The molecule has 21 heavy (non-hydrogen) atoms. The van der Waals surface area contributed by atoms with Crippen molar-refractivity contribution in [1.82, 2.24) is 10.5 Å². The van der Waals surface area contributed by atoms with Crippen molar-refractivity contribution in [2.24, 2.45) is 0 Å². The van der Waals surface area contributed by atoms with Gasteiger partial charge in [-0.05, 0) is 38.2 Å². The van der Waals surface area contributed by atoms with Crippen LogP contribution in [0.15, 0.2) is 0 Å². The highest BCUT2D eigenvalue weighted by molar-refractivity contribution is 6.04. The molecule has 1 aromatic heterocycles. The second-order valence-electron chi connectivity index (χ2n) is 5.60. The fraction of sp³-hybridized carbons (Fsp3) is 0.600. The zero-order valence-corrected chi connectivity index (χ0v) is 12.2. The molecular formula is C15H20N2O4. The molecule has 3 rings (SSSR count). The Kier molecular flexibility index (Phi) is 4.07. The Morgan fingerprint density at radius 3 is 2.90 bits per heavy atom. The van der Waals surface area contributed by atoms with E-state index >= 15 is 0 Å². The third kappa shape index (κ3) is 2.87. The molecule has 2 N–H and O–H groups in total. The van der Waals surface area contributed by atoms with Gasteiger partial charge in [-0.25, -0.2) is 10.3 Å². The highest BCUT2D eigenvalue weighted by atomic mass is 16.8. The molecule has 0 radical (unpaired) electrons. The Bertz CT molecular complexity index is 558.